The van der Waals surface area contributed by atoms with E-state index >= 15 is 0 Å². The largest absolute Gasteiger partial charge is 0.309 e. The SMILES string of the molecule is CC=[SH]CCC(=O)N(c1ccccc1)C1CCN(CCc2ccccc2)CC1. The lowest BCUT2D eigenvalue weighted by Gasteiger charge is -2.38. The number of para-hydroxylation sites is 1. The molecule has 0 radical (unpaired) electrons. The fraction of sp³-hybridized carbons (Fsp3) is 0.417. The molecule has 4 heteroatoms. The number of piperidine rings is 1. The second kappa shape index (κ2) is 11.2. The molecule has 0 atom stereocenters. The van der Waals surface area contributed by atoms with Crippen LogP contribution in [-0.4, -0.2) is 47.6 Å². The van der Waals surface area contributed by atoms with E-state index in [1.165, 1.54) is 16.9 Å². The van der Waals surface area contributed by atoms with Gasteiger partial charge in [-0.05, 0) is 49.6 Å². The Kier molecular flexibility index (Phi) is 8.31. The lowest BCUT2D eigenvalue weighted by Crippen LogP contribution is -2.48. The Labute approximate surface area is 173 Å². The highest BCUT2D eigenvalue weighted by molar-refractivity contribution is 7.97. The molecule has 0 unspecified atom stereocenters. The number of hydrogen-bond donors (Lipinski definition) is 1. The van der Waals surface area contributed by atoms with Crippen LogP contribution in [0.15, 0.2) is 60.7 Å². The van der Waals surface area contributed by atoms with Crippen LogP contribution in [-0.2, 0) is 11.2 Å². The van der Waals surface area contributed by atoms with Gasteiger partial charge in [0, 0.05) is 37.8 Å². The van der Waals surface area contributed by atoms with Crippen LogP contribution in [0.5, 0.6) is 0 Å². The van der Waals surface area contributed by atoms with Crippen LogP contribution >= 0.6 is 11.4 Å². The molecule has 3 nitrogen and oxygen atoms in total. The Balaban J connectivity index is 1.58. The van der Waals surface area contributed by atoms with Crippen LogP contribution in [0, 0.1) is 0 Å². The molecule has 1 heterocycles. The second-order valence-electron chi connectivity index (χ2n) is 7.32. The van der Waals surface area contributed by atoms with E-state index in [4.69, 9.17) is 0 Å². The minimum absolute atomic E-state index is 0.267. The molecule has 0 spiro atoms. The minimum Gasteiger partial charge on any atom is -0.309 e. The molecule has 1 fully saturated rings. The highest BCUT2D eigenvalue weighted by Crippen LogP contribution is 2.25. The highest BCUT2D eigenvalue weighted by Gasteiger charge is 2.28. The smallest absolute Gasteiger partial charge is 0.228 e. The van der Waals surface area contributed by atoms with Gasteiger partial charge in [0.05, 0.1) is 0 Å². The summed E-state index contributed by atoms with van der Waals surface area (Å²) in [4.78, 5) is 17.6. The van der Waals surface area contributed by atoms with Crippen LogP contribution in [0.2, 0.25) is 0 Å². The number of nitrogens with zero attached hydrogens (tertiary/aromatic N) is 2. The van der Waals surface area contributed by atoms with Crippen molar-refractivity contribution in [1.29, 1.82) is 0 Å². The summed E-state index contributed by atoms with van der Waals surface area (Å²) in [5, 5.41) is 2.12. The Morgan fingerprint density at radius 1 is 1.07 bits per heavy atom. The Morgan fingerprint density at radius 3 is 2.36 bits per heavy atom. The predicted octanol–water partition coefficient (Wildman–Crippen LogP) is 4.40. The molecule has 28 heavy (non-hydrogen) atoms. The third-order valence-corrected chi connectivity index (χ3v) is 6.27. The van der Waals surface area contributed by atoms with Crippen molar-refractivity contribution in [3.8, 4) is 0 Å². The van der Waals surface area contributed by atoms with Gasteiger partial charge in [0.25, 0.3) is 0 Å². The Bertz CT molecular complexity index is 740. The number of thiol groups is 1. The Hall–Kier alpha value is -1.91. The molecular formula is C24H32N2OS. The maximum atomic E-state index is 13.0. The van der Waals surface area contributed by atoms with E-state index in [1.54, 1.807) is 0 Å². The van der Waals surface area contributed by atoms with Gasteiger partial charge in [-0.15, -0.1) is 0 Å². The zero-order valence-corrected chi connectivity index (χ0v) is 17.7. The molecular weight excluding hydrogens is 364 g/mol. The first kappa shape index (κ1) is 20.8. The van der Waals surface area contributed by atoms with Crippen molar-refractivity contribution in [1.82, 2.24) is 4.90 Å². The number of amides is 1. The molecule has 0 aromatic heterocycles. The molecule has 0 N–H and O–H groups in total. The topological polar surface area (TPSA) is 23.6 Å². The molecule has 1 amide bonds. The van der Waals surface area contributed by atoms with Crippen molar-refractivity contribution in [2.45, 2.75) is 38.6 Å². The molecule has 150 valence electrons. The van der Waals surface area contributed by atoms with Gasteiger partial charge in [-0.3, -0.25) is 4.79 Å². The quantitative estimate of drug-likeness (QED) is 0.528. The second-order valence-corrected chi connectivity index (χ2v) is 8.65. The number of benzene rings is 2. The summed E-state index contributed by atoms with van der Waals surface area (Å²) in [5.41, 5.74) is 2.45. The lowest BCUT2D eigenvalue weighted by molar-refractivity contribution is -0.118. The van der Waals surface area contributed by atoms with E-state index in [1.807, 2.05) is 25.1 Å². The minimum atomic E-state index is 0.267. The molecule has 2 aromatic carbocycles. The van der Waals surface area contributed by atoms with Crippen LogP contribution in [0.3, 0.4) is 0 Å². The molecule has 1 saturated heterocycles. The van der Waals surface area contributed by atoms with Crippen LogP contribution < -0.4 is 4.90 Å². The van der Waals surface area contributed by atoms with E-state index in [-0.39, 0.29) is 5.91 Å². The third-order valence-electron chi connectivity index (χ3n) is 5.42. The number of hydrogen-bond acceptors (Lipinski definition) is 2. The van der Waals surface area contributed by atoms with Gasteiger partial charge in [-0.2, -0.15) is 0 Å². The maximum Gasteiger partial charge on any atom is 0.228 e. The molecule has 0 aliphatic carbocycles. The zero-order valence-electron chi connectivity index (χ0n) is 16.8. The first-order chi connectivity index (χ1) is 13.8. The van der Waals surface area contributed by atoms with E-state index in [2.05, 4.69) is 57.6 Å². The van der Waals surface area contributed by atoms with Crippen molar-refractivity contribution in [3.63, 3.8) is 0 Å². The molecule has 1 aliphatic heterocycles. The van der Waals surface area contributed by atoms with Crippen LogP contribution in [0.1, 0.15) is 31.7 Å². The van der Waals surface area contributed by atoms with Gasteiger partial charge in [0.1, 0.15) is 0 Å². The van der Waals surface area contributed by atoms with E-state index in [0.717, 1.165) is 50.3 Å². The summed E-state index contributed by atoms with van der Waals surface area (Å²) in [5.74, 6) is 1.18. The highest BCUT2D eigenvalue weighted by atomic mass is 32.1. The first-order valence-electron chi connectivity index (χ1n) is 10.4. The van der Waals surface area contributed by atoms with E-state index < -0.39 is 0 Å². The van der Waals surface area contributed by atoms with Gasteiger partial charge in [-0.1, -0.05) is 53.9 Å². The van der Waals surface area contributed by atoms with Gasteiger partial charge in [0.2, 0.25) is 5.91 Å². The molecule has 2 aromatic rings. The van der Waals surface area contributed by atoms with Crippen LogP contribution in [0.25, 0.3) is 0 Å². The van der Waals surface area contributed by atoms with Crippen LogP contribution in [0.4, 0.5) is 5.69 Å². The molecule has 1 aliphatic rings. The van der Waals surface area contributed by atoms with Gasteiger partial charge in [0.15, 0.2) is 0 Å². The third kappa shape index (κ3) is 6.05. The lowest BCUT2D eigenvalue weighted by atomic mass is 10.0. The summed E-state index contributed by atoms with van der Waals surface area (Å²) < 4.78 is 0. The molecule has 0 saturated carbocycles. The summed E-state index contributed by atoms with van der Waals surface area (Å²) in [6.45, 7) is 5.28. The fourth-order valence-corrected chi connectivity index (χ4v) is 4.47. The van der Waals surface area contributed by atoms with Gasteiger partial charge >= 0.3 is 0 Å². The fourth-order valence-electron chi connectivity index (χ4n) is 3.89. The number of anilines is 1. The summed E-state index contributed by atoms with van der Waals surface area (Å²) in [7, 11) is 0. The number of rotatable bonds is 8. The monoisotopic (exact) mass is 396 g/mol. The van der Waals surface area contributed by atoms with Crippen molar-refractivity contribution < 1.29 is 4.79 Å². The standard InChI is InChI=1S/C24H32N2OS/c1-2-28-20-16-24(27)26(22-11-7-4-8-12-22)23-14-18-25(19-15-23)17-13-21-9-5-3-6-10-21/h2-12,23,28H,13-20H2,1H3. The number of carbonyl (C=O) groups is 1. The van der Waals surface area contributed by atoms with Crippen molar-refractivity contribution in [3.05, 3.63) is 66.2 Å². The number of likely N-dealkylation sites (tertiary alicyclic amines) is 1. The average Bonchev–Trinajstić information content (AvgIpc) is 2.75. The normalized spacial score (nSPS) is 16.0. The van der Waals surface area contributed by atoms with Crippen molar-refractivity contribution in [2.75, 3.05) is 30.3 Å². The van der Waals surface area contributed by atoms with Crippen molar-refractivity contribution >= 4 is 28.3 Å². The van der Waals surface area contributed by atoms with E-state index in [0.29, 0.717) is 12.5 Å². The Morgan fingerprint density at radius 2 is 1.71 bits per heavy atom. The number of carbonyl (C=O) groups excluding carboxylic acids is 1. The summed E-state index contributed by atoms with van der Waals surface area (Å²) in [6.07, 6.45) is 3.81. The summed E-state index contributed by atoms with van der Waals surface area (Å²) in [6, 6.07) is 21.2. The van der Waals surface area contributed by atoms with Gasteiger partial charge < -0.3 is 9.80 Å². The summed E-state index contributed by atoms with van der Waals surface area (Å²) >= 11 is 1.24. The zero-order chi connectivity index (χ0) is 19.6. The predicted molar refractivity (Wildman–Crippen MR) is 124 cm³/mol. The molecule has 3 rings (SSSR count). The maximum absolute atomic E-state index is 13.0. The average molecular weight is 397 g/mol. The van der Waals surface area contributed by atoms with Crippen molar-refractivity contribution in [2.24, 2.45) is 0 Å². The first-order valence-corrected chi connectivity index (χ1v) is 11.5. The van der Waals surface area contributed by atoms with Gasteiger partial charge in [-0.25, -0.2) is 11.4 Å². The molecule has 0 bridgehead atoms. The van der Waals surface area contributed by atoms with E-state index in [9.17, 15) is 4.79 Å².